The van der Waals surface area contributed by atoms with E-state index in [9.17, 15) is 0 Å². The Hall–Kier alpha value is -0.820. The Morgan fingerprint density at radius 1 is 1.21 bits per heavy atom. The molecule has 2 aliphatic rings. The molecule has 0 amide bonds. The van der Waals surface area contributed by atoms with Crippen molar-refractivity contribution in [1.82, 2.24) is 0 Å². The number of fused-ring (bicyclic) bond motifs is 1. The summed E-state index contributed by atoms with van der Waals surface area (Å²) >= 11 is 0. The molecule has 0 aromatic rings. The summed E-state index contributed by atoms with van der Waals surface area (Å²) in [5.41, 5.74) is 3.10. The quantitative estimate of drug-likeness (QED) is 0.576. The molecule has 0 saturated heterocycles. The van der Waals surface area contributed by atoms with Crippen LogP contribution >= 0.6 is 0 Å². The van der Waals surface area contributed by atoms with Crippen molar-refractivity contribution >= 4 is 0 Å². The summed E-state index contributed by atoms with van der Waals surface area (Å²) in [7, 11) is 1.79. The van der Waals surface area contributed by atoms with E-state index in [1.807, 2.05) is 0 Å². The van der Waals surface area contributed by atoms with Gasteiger partial charge >= 0.3 is 0 Å². The second-order valence-electron chi connectivity index (χ2n) is 3.98. The van der Waals surface area contributed by atoms with Crippen LogP contribution in [0.2, 0.25) is 0 Å². The Bertz CT molecular complexity index is 284. The Morgan fingerprint density at radius 2 is 2.00 bits per heavy atom. The first-order valence-electron chi connectivity index (χ1n) is 5.48. The Labute approximate surface area is 86.2 Å². The second kappa shape index (κ2) is 4.61. The molecule has 0 N–H and O–H groups in total. The van der Waals surface area contributed by atoms with Gasteiger partial charge < -0.3 is 4.74 Å². The van der Waals surface area contributed by atoms with Gasteiger partial charge in [-0.25, -0.2) is 0 Å². The Kier molecular flexibility index (Phi) is 3.20. The van der Waals surface area contributed by atoms with Crippen LogP contribution in [0.1, 0.15) is 32.1 Å². The maximum atomic E-state index is 5.37. The molecule has 0 aromatic heterocycles. The molecule has 0 saturated carbocycles. The predicted molar refractivity (Wildman–Crippen MR) is 59.2 cm³/mol. The highest BCUT2D eigenvalue weighted by Gasteiger charge is 2.13. The summed E-state index contributed by atoms with van der Waals surface area (Å²) in [5.74, 6) is 0. The third kappa shape index (κ3) is 2.16. The molecule has 0 spiro atoms. The molecule has 0 aromatic carbocycles. The Morgan fingerprint density at radius 3 is 2.79 bits per heavy atom. The molecule has 1 heteroatoms. The SMILES string of the molecule is COC1C=CCC2=CCCC=C2CC1. The predicted octanol–water partition coefficient (Wildman–Crippen LogP) is 3.39. The van der Waals surface area contributed by atoms with Crippen LogP contribution in [0.25, 0.3) is 0 Å². The van der Waals surface area contributed by atoms with Gasteiger partial charge in [-0.05, 0) is 43.3 Å². The van der Waals surface area contributed by atoms with E-state index in [0.717, 1.165) is 12.8 Å². The third-order valence-electron chi connectivity index (χ3n) is 3.05. The minimum atomic E-state index is 0.319. The second-order valence-corrected chi connectivity index (χ2v) is 3.98. The summed E-state index contributed by atoms with van der Waals surface area (Å²) in [6.07, 6.45) is 15.4. The molecule has 1 unspecified atom stereocenters. The highest BCUT2D eigenvalue weighted by molar-refractivity contribution is 5.36. The lowest BCUT2D eigenvalue weighted by Crippen LogP contribution is -2.10. The van der Waals surface area contributed by atoms with Crippen LogP contribution in [0.3, 0.4) is 0 Å². The van der Waals surface area contributed by atoms with Crippen LogP contribution in [-0.2, 0) is 4.74 Å². The van der Waals surface area contributed by atoms with Crippen molar-refractivity contribution in [3.8, 4) is 0 Å². The number of hydrogen-bond acceptors (Lipinski definition) is 1. The molecule has 0 heterocycles. The van der Waals surface area contributed by atoms with E-state index in [2.05, 4.69) is 24.3 Å². The van der Waals surface area contributed by atoms with E-state index in [-0.39, 0.29) is 0 Å². The van der Waals surface area contributed by atoms with Gasteiger partial charge in [-0.3, -0.25) is 0 Å². The van der Waals surface area contributed by atoms with Crippen LogP contribution in [-0.4, -0.2) is 13.2 Å². The number of hydrogen-bond donors (Lipinski definition) is 0. The fourth-order valence-corrected chi connectivity index (χ4v) is 2.19. The van der Waals surface area contributed by atoms with Gasteiger partial charge in [-0.1, -0.05) is 24.3 Å². The topological polar surface area (TPSA) is 9.23 Å². The lowest BCUT2D eigenvalue weighted by atomic mass is 9.89. The van der Waals surface area contributed by atoms with Gasteiger partial charge in [0.1, 0.15) is 0 Å². The van der Waals surface area contributed by atoms with Crippen molar-refractivity contribution in [2.75, 3.05) is 7.11 Å². The normalized spacial score (nSPS) is 27.1. The summed E-state index contributed by atoms with van der Waals surface area (Å²) in [4.78, 5) is 0. The van der Waals surface area contributed by atoms with Crippen LogP contribution in [0.5, 0.6) is 0 Å². The minimum Gasteiger partial charge on any atom is -0.377 e. The van der Waals surface area contributed by atoms with E-state index in [1.54, 1.807) is 18.3 Å². The van der Waals surface area contributed by atoms with Crippen molar-refractivity contribution in [2.45, 2.75) is 38.2 Å². The smallest absolute Gasteiger partial charge is 0.0755 e. The molecular formula is C13H18O. The molecule has 76 valence electrons. The first-order chi connectivity index (χ1) is 6.90. The monoisotopic (exact) mass is 190 g/mol. The van der Waals surface area contributed by atoms with E-state index in [4.69, 9.17) is 4.74 Å². The van der Waals surface area contributed by atoms with Crippen LogP contribution in [0.15, 0.2) is 35.5 Å². The van der Waals surface area contributed by atoms with E-state index in [0.29, 0.717) is 6.10 Å². The lowest BCUT2D eigenvalue weighted by molar-refractivity contribution is 0.133. The van der Waals surface area contributed by atoms with Crippen LogP contribution in [0, 0.1) is 0 Å². The van der Waals surface area contributed by atoms with Crippen LogP contribution < -0.4 is 0 Å². The van der Waals surface area contributed by atoms with Gasteiger partial charge in [-0.2, -0.15) is 0 Å². The van der Waals surface area contributed by atoms with Gasteiger partial charge in [-0.15, -0.1) is 0 Å². The molecular weight excluding hydrogens is 172 g/mol. The van der Waals surface area contributed by atoms with Crippen molar-refractivity contribution in [3.63, 3.8) is 0 Å². The molecule has 0 bridgehead atoms. The molecule has 0 aliphatic heterocycles. The summed E-state index contributed by atoms with van der Waals surface area (Å²) in [6.45, 7) is 0. The van der Waals surface area contributed by atoms with Gasteiger partial charge in [0.05, 0.1) is 6.10 Å². The zero-order chi connectivity index (χ0) is 9.80. The highest BCUT2D eigenvalue weighted by Crippen LogP contribution is 2.28. The van der Waals surface area contributed by atoms with E-state index >= 15 is 0 Å². The third-order valence-corrected chi connectivity index (χ3v) is 3.05. The maximum absolute atomic E-state index is 5.37. The fourth-order valence-electron chi connectivity index (χ4n) is 2.19. The van der Waals surface area contributed by atoms with Crippen molar-refractivity contribution in [3.05, 3.63) is 35.5 Å². The molecule has 0 radical (unpaired) electrons. The molecule has 1 atom stereocenters. The first-order valence-corrected chi connectivity index (χ1v) is 5.48. The Balaban J connectivity index is 2.12. The summed E-state index contributed by atoms with van der Waals surface area (Å²) < 4.78 is 5.37. The first kappa shape index (κ1) is 9.72. The number of rotatable bonds is 1. The number of methoxy groups -OCH3 is 1. The lowest BCUT2D eigenvalue weighted by Gasteiger charge is -2.20. The zero-order valence-electron chi connectivity index (χ0n) is 8.83. The molecule has 2 rings (SSSR count). The fraction of sp³-hybridized carbons (Fsp3) is 0.538. The van der Waals surface area contributed by atoms with Crippen molar-refractivity contribution in [2.24, 2.45) is 0 Å². The van der Waals surface area contributed by atoms with Crippen LogP contribution in [0.4, 0.5) is 0 Å². The van der Waals surface area contributed by atoms with Gasteiger partial charge in [0, 0.05) is 7.11 Å². The van der Waals surface area contributed by atoms with Gasteiger partial charge in [0.2, 0.25) is 0 Å². The average molecular weight is 190 g/mol. The van der Waals surface area contributed by atoms with Crippen molar-refractivity contribution < 1.29 is 4.74 Å². The molecule has 0 fully saturated rings. The highest BCUT2D eigenvalue weighted by atomic mass is 16.5. The average Bonchev–Trinajstić information content (AvgIpc) is 2.19. The summed E-state index contributed by atoms with van der Waals surface area (Å²) in [5, 5.41) is 0. The van der Waals surface area contributed by atoms with E-state index in [1.165, 1.54) is 19.3 Å². The van der Waals surface area contributed by atoms with Gasteiger partial charge in [0.15, 0.2) is 0 Å². The molecule has 2 aliphatic carbocycles. The maximum Gasteiger partial charge on any atom is 0.0755 e. The minimum absolute atomic E-state index is 0.319. The standard InChI is InChI=1S/C13H18O/c1-14-13-8-4-7-11-5-2-3-6-12(11)9-10-13/h4-6,8,13H,2-3,7,9-10H2,1H3. The number of allylic oxidation sites excluding steroid dienone is 5. The molecule has 14 heavy (non-hydrogen) atoms. The molecule has 1 nitrogen and oxygen atoms in total. The summed E-state index contributed by atoms with van der Waals surface area (Å²) in [6, 6.07) is 0. The number of ether oxygens (including phenoxy) is 1. The van der Waals surface area contributed by atoms with E-state index < -0.39 is 0 Å². The van der Waals surface area contributed by atoms with Crippen molar-refractivity contribution in [1.29, 1.82) is 0 Å². The largest absolute Gasteiger partial charge is 0.377 e. The zero-order valence-corrected chi connectivity index (χ0v) is 8.83. The van der Waals surface area contributed by atoms with Gasteiger partial charge in [0.25, 0.3) is 0 Å².